The van der Waals surface area contributed by atoms with Gasteiger partial charge in [0.25, 0.3) is 23.2 Å². The minimum Gasteiger partial charge on any atom is -0.346 e. The molecule has 11 rings (SSSR count). The topological polar surface area (TPSA) is 304 Å². The van der Waals surface area contributed by atoms with Crippen molar-refractivity contribution in [1.82, 2.24) is 39.0 Å². The van der Waals surface area contributed by atoms with Gasteiger partial charge in [-0.1, -0.05) is 84.9 Å². The summed E-state index contributed by atoms with van der Waals surface area (Å²) in [5, 5.41) is 24.4. The largest absolute Gasteiger partial charge is 0.390 e. The van der Waals surface area contributed by atoms with Gasteiger partial charge in [-0.2, -0.15) is 0 Å². The fourth-order valence-electron chi connectivity index (χ4n) is 9.81. The zero-order valence-electron chi connectivity index (χ0n) is 44.7. The summed E-state index contributed by atoms with van der Waals surface area (Å²) < 4.78 is 107. The highest BCUT2D eigenvalue weighted by molar-refractivity contribution is 8.55. The summed E-state index contributed by atoms with van der Waals surface area (Å²) in [4.78, 5) is 79.8. The van der Waals surface area contributed by atoms with E-state index in [-0.39, 0.29) is 69.6 Å². The molecule has 4 aromatic carbocycles. The number of nitrogens with zero attached hydrogens (tertiary/aromatic N) is 12. The highest BCUT2D eigenvalue weighted by Crippen LogP contribution is 2.67. The second-order valence-corrected chi connectivity index (χ2v) is 27.2. The van der Waals surface area contributed by atoms with Crippen LogP contribution in [0.4, 0.5) is 31.8 Å². The van der Waals surface area contributed by atoms with Crippen molar-refractivity contribution in [2.45, 2.75) is 60.7 Å². The highest BCUT2D eigenvalue weighted by Gasteiger charge is 2.56. The van der Waals surface area contributed by atoms with E-state index in [1.165, 1.54) is 79.6 Å². The molecule has 86 heavy (non-hydrogen) atoms. The van der Waals surface area contributed by atoms with E-state index in [1.807, 2.05) is 0 Å². The number of rotatable bonds is 18. The molecule has 0 N–H and O–H groups in total. The number of halogens is 2. The Bertz CT molecular complexity index is 3740. The number of alkyl halides is 2. The van der Waals surface area contributed by atoms with Gasteiger partial charge in [0, 0.05) is 59.0 Å². The average Bonchev–Trinajstić information content (AvgIpc) is 1.78. The quantitative estimate of drug-likeness (QED) is 0.0333. The average molecular weight is 1250 g/mol. The van der Waals surface area contributed by atoms with E-state index in [0.717, 1.165) is 25.3 Å². The molecule has 3 aliphatic rings. The number of ether oxygens (including phenoxy) is 2. The van der Waals surface area contributed by atoms with Crippen LogP contribution in [0.5, 0.6) is 0 Å². The Morgan fingerprint density at radius 2 is 0.988 bits per heavy atom. The third-order valence-electron chi connectivity index (χ3n) is 13.9. The van der Waals surface area contributed by atoms with E-state index >= 15 is 17.9 Å². The molecule has 0 saturated carbocycles. The number of carbonyl (C=O) groups is 2. The molecule has 0 aliphatic carbocycles. The van der Waals surface area contributed by atoms with E-state index in [9.17, 15) is 29.8 Å². The van der Waals surface area contributed by atoms with Gasteiger partial charge >= 0.3 is 13.6 Å². The van der Waals surface area contributed by atoms with Crippen LogP contribution < -0.4 is 9.80 Å². The fraction of sp³-hybridized carbons (Fsp3) is 0.259. The number of nitro groups is 2. The van der Waals surface area contributed by atoms with Gasteiger partial charge in [0.1, 0.15) is 37.1 Å². The second-order valence-electron chi connectivity index (χ2n) is 19.1. The Morgan fingerprint density at radius 1 is 0.605 bits per heavy atom. The maximum Gasteiger partial charge on any atom is 0.390 e. The van der Waals surface area contributed by atoms with Crippen LogP contribution in [-0.4, -0.2) is 124 Å². The molecule has 2 amide bonds. The van der Waals surface area contributed by atoms with Gasteiger partial charge in [0.2, 0.25) is 0 Å². The van der Waals surface area contributed by atoms with Crippen molar-refractivity contribution in [1.29, 1.82) is 0 Å². The number of nitro benzene ring substituents is 2. The second kappa shape index (κ2) is 25.5. The van der Waals surface area contributed by atoms with Gasteiger partial charge in [-0.3, -0.25) is 66.8 Å². The number of amides is 2. The molecule has 4 aromatic heterocycles. The molecular formula is C54H48F2N12O14P2S2. The lowest BCUT2D eigenvalue weighted by Crippen LogP contribution is -2.37. The summed E-state index contributed by atoms with van der Waals surface area (Å²) >= 11 is 0.868. The number of para-hydroxylation sites is 2. The van der Waals surface area contributed by atoms with Crippen molar-refractivity contribution in [2.75, 3.05) is 36.1 Å². The van der Waals surface area contributed by atoms with Crippen LogP contribution in [0.15, 0.2) is 160 Å². The van der Waals surface area contributed by atoms with Crippen molar-refractivity contribution < 1.29 is 64.9 Å². The van der Waals surface area contributed by atoms with E-state index in [0.29, 0.717) is 33.9 Å². The number of imidazole rings is 2. The molecule has 444 valence electrons. The van der Waals surface area contributed by atoms with E-state index in [2.05, 4.69) is 43.1 Å². The maximum absolute atomic E-state index is 17.8. The van der Waals surface area contributed by atoms with Crippen LogP contribution in [-0.2, 0) is 48.2 Å². The molecule has 10 atom stereocenters. The van der Waals surface area contributed by atoms with Gasteiger partial charge in [-0.15, -0.1) is 13.2 Å². The fourth-order valence-corrected chi connectivity index (χ4v) is 16.6. The number of aromatic nitrogens is 8. The summed E-state index contributed by atoms with van der Waals surface area (Å²) in [5.41, 5.74) is -0.0274. The van der Waals surface area contributed by atoms with Gasteiger partial charge in [-0.25, -0.2) is 47.8 Å². The Balaban J connectivity index is 0.968. The smallest absolute Gasteiger partial charge is 0.346 e. The zero-order valence-corrected chi connectivity index (χ0v) is 48.1. The normalized spacial score (nSPS) is 24.9. The van der Waals surface area contributed by atoms with Crippen molar-refractivity contribution in [3.05, 3.63) is 202 Å². The molecule has 0 bridgehead atoms. The molecular weight excluding hydrogens is 1200 g/mol. The lowest BCUT2D eigenvalue weighted by atomic mass is 10.1. The first-order valence-corrected chi connectivity index (χ1v) is 32.3. The maximum atomic E-state index is 17.8. The highest BCUT2D eigenvalue weighted by atomic mass is 32.7. The first kappa shape index (κ1) is 59.7. The minimum atomic E-state index is -4.92. The monoisotopic (exact) mass is 1250 g/mol. The molecule has 0 unspecified atom stereocenters. The molecule has 3 aliphatic heterocycles. The number of anilines is 2. The van der Waals surface area contributed by atoms with Crippen LogP contribution in [0.3, 0.4) is 0 Å². The number of carbonyl (C=O) groups excluding carboxylic acids is 2. The standard InChI is InChI=1S/C54H48F2N12O14P2S2/c1-3-23-63(51(69)33-15-7-5-8-16-33)47-43-49(59-29-57-47)65(31-61-43)53-41(55)45-39(79-53)25-77-84(76,86-28-36-20-12-14-22-38(36)68(73)74)82-46-40(26-78-83(75,81-45)85-27-35-19-11-13-21-37(35)67(71)72)80-54(42(46)56)66-32-62-44-48(58-30-60-50(44)66)64(24-4-2)52(70)34-17-9-6-10-18-34/h3-22,29-32,39-42,45-46,53-54H,1-2,23-28H2/t39-,40-,41-,42-,45-,46-,53-,54-,83-,84-/m1/s1. The van der Waals surface area contributed by atoms with Crippen molar-refractivity contribution in [3.8, 4) is 0 Å². The summed E-state index contributed by atoms with van der Waals surface area (Å²) in [6, 6.07) is 27.7. The zero-order chi connectivity index (χ0) is 60.3. The van der Waals surface area contributed by atoms with Crippen molar-refractivity contribution in [3.63, 3.8) is 0 Å². The van der Waals surface area contributed by atoms with Gasteiger partial charge in [-0.05, 0) is 47.0 Å². The lowest BCUT2D eigenvalue weighted by Gasteiger charge is -2.30. The minimum absolute atomic E-state index is 0.0193. The van der Waals surface area contributed by atoms with Crippen LogP contribution >= 0.6 is 36.4 Å². The number of benzene rings is 4. The summed E-state index contributed by atoms with van der Waals surface area (Å²) in [7, 11) is 0. The molecule has 26 nitrogen and oxygen atoms in total. The lowest BCUT2D eigenvalue weighted by molar-refractivity contribution is -0.385. The molecule has 3 saturated heterocycles. The van der Waals surface area contributed by atoms with Crippen molar-refractivity contribution in [2.24, 2.45) is 0 Å². The van der Waals surface area contributed by atoms with Crippen LogP contribution in [0.25, 0.3) is 22.3 Å². The van der Waals surface area contributed by atoms with Gasteiger partial charge in [0.05, 0.1) is 35.7 Å². The Labute approximate surface area is 494 Å². The summed E-state index contributed by atoms with van der Waals surface area (Å²) in [6.07, 6.45) is -8.12. The molecule has 0 spiro atoms. The molecule has 8 aromatic rings. The number of hydrogen-bond acceptors (Lipinski definition) is 22. The molecule has 0 radical (unpaired) electrons. The van der Waals surface area contributed by atoms with Crippen LogP contribution in [0, 0.1) is 20.2 Å². The number of hydrogen-bond donors (Lipinski definition) is 0. The summed E-state index contributed by atoms with van der Waals surface area (Å²) in [5.74, 6) is -1.76. The Morgan fingerprint density at radius 3 is 1.37 bits per heavy atom. The number of fused-ring (bicyclic) bond motifs is 4. The van der Waals surface area contributed by atoms with E-state index in [1.54, 1.807) is 60.7 Å². The third-order valence-corrected chi connectivity index (χ3v) is 21.1. The van der Waals surface area contributed by atoms with Gasteiger partial charge in [0.15, 0.2) is 58.8 Å². The first-order chi connectivity index (χ1) is 41.6. The van der Waals surface area contributed by atoms with Gasteiger partial charge < -0.3 is 9.47 Å². The Hall–Kier alpha value is -8.02. The third kappa shape index (κ3) is 12.1. The van der Waals surface area contributed by atoms with E-state index < -0.39 is 109 Å². The Kier molecular flexibility index (Phi) is 17.7. The van der Waals surface area contributed by atoms with Crippen LogP contribution in [0.1, 0.15) is 44.3 Å². The predicted molar refractivity (Wildman–Crippen MR) is 311 cm³/mol. The molecule has 3 fully saturated rings. The molecule has 7 heterocycles. The molecule has 32 heteroatoms. The predicted octanol–water partition coefficient (Wildman–Crippen LogP) is 10.5. The summed E-state index contributed by atoms with van der Waals surface area (Å²) in [6.45, 7) is -4.19. The van der Waals surface area contributed by atoms with Crippen LogP contribution in [0.2, 0.25) is 0 Å². The van der Waals surface area contributed by atoms with E-state index in [4.69, 9.17) is 27.6 Å². The van der Waals surface area contributed by atoms with Crippen molar-refractivity contribution >= 4 is 93.5 Å². The first-order valence-electron chi connectivity index (χ1n) is 26.1. The SMILES string of the molecule is C=CCN(C(=O)c1ccccc1)c1ncnc2c1ncn2[C@@H]1O[C@@H]2CO[P@@](=O)(SCc3ccccc3[N+](=O)[O-])O[C@H]3[C@@H](F)[C@H](n4cnc5c(N(CC=C)C(=O)c6ccccc6)ncnc54)O[C@@H]3CO[P@@](=O)(SCc3ccccc3[N+](=O)[O-])O[C@H]2[C@H]1F.